The van der Waals surface area contributed by atoms with Crippen LogP contribution in [0.5, 0.6) is 11.6 Å². The lowest BCUT2D eigenvalue weighted by molar-refractivity contribution is 0.247. The number of likely N-dealkylation sites (N-methyl/N-ethyl adjacent to an activating group) is 1. The van der Waals surface area contributed by atoms with Gasteiger partial charge in [0.2, 0.25) is 5.88 Å². The first-order valence-corrected chi connectivity index (χ1v) is 14.1. The quantitative estimate of drug-likeness (QED) is 0.287. The molecule has 2 aromatic carbocycles. The first-order valence-electron chi connectivity index (χ1n) is 14.1. The van der Waals surface area contributed by atoms with Gasteiger partial charge in [-0.05, 0) is 70.8 Å². The summed E-state index contributed by atoms with van der Waals surface area (Å²) in [4.78, 5) is 27.2. The lowest BCUT2D eigenvalue weighted by Crippen LogP contribution is -2.57. The number of ether oxygens (including phenoxy) is 2. The van der Waals surface area contributed by atoms with E-state index in [1.807, 2.05) is 37.3 Å². The van der Waals surface area contributed by atoms with Gasteiger partial charge in [0.15, 0.2) is 5.65 Å². The van der Waals surface area contributed by atoms with Gasteiger partial charge >= 0.3 is 0 Å². The monoisotopic (exact) mass is 579 g/mol. The number of rotatable bonds is 7. The van der Waals surface area contributed by atoms with Crippen LogP contribution >= 0.6 is 0 Å². The highest BCUT2D eigenvalue weighted by Gasteiger charge is 2.33. The number of anilines is 4. The molecule has 0 atom stereocenters. The molecule has 2 aliphatic heterocycles. The fourth-order valence-electron chi connectivity index (χ4n) is 5.24. The molecular formula is C30H33N11O2. The zero-order valence-corrected chi connectivity index (χ0v) is 24.7. The summed E-state index contributed by atoms with van der Waals surface area (Å²) >= 11 is 0. The second-order valence-electron chi connectivity index (χ2n) is 11.7. The van der Waals surface area contributed by atoms with E-state index < -0.39 is 0 Å². The van der Waals surface area contributed by atoms with Crippen LogP contribution in [0.4, 0.5) is 22.9 Å². The molecule has 220 valence electrons. The van der Waals surface area contributed by atoms with Gasteiger partial charge in [-0.2, -0.15) is 5.10 Å². The Morgan fingerprint density at radius 1 is 1.00 bits per heavy atom. The van der Waals surface area contributed by atoms with Crippen LogP contribution in [0.25, 0.3) is 16.6 Å². The smallest absolute Gasteiger partial charge is 0.289 e. The van der Waals surface area contributed by atoms with Gasteiger partial charge in [-0.15, -0.1) is 0 Å². The number of aryl methyl sites for hydroxylation is 1. The minimum Gasteiger partial charge on any atom is -0.462 e. The van der Waals surface area contributed by atoms with Crippen molar-refractivity contribution < 1.29 is 9.47 Å². The normalized spacial score (nSPS) is 16.3. The van der Waals surface area contributed by atoms with Crippen molar-refractivity contribution in [3.05, 3.63) is 60.9 Å². The zero-order valence-electron chi connectivity index (χ0n) is 24.7. The van der Waals surface area contributed by atoms with Crippen LogP contribution in [0.3, 0.4) is 0 Å². The summed E-state index contributed by atoms with van der Waals surface area (Å²) < 4.78 is 13.5. The molecule has 5 aromatic rings. The van der Waals surface area contributed by atoms with E-state index in [-0.39, 0.29) is 5.54 Å². The summed E-state index contributed by atoms with van der Waals surface area (Å²) in [5, 5.41) is 12.0. The lowest BCUT2D eigenvalue weighted by atomic mass is 10.0. The predicted octanol–water partition coefficient (Wildman–Crippen LogP) is 4.24. The molecule has 7 rings (SSSR count). The molecule has 2 aliphatic rings. The molecule has 0 unspecified atom stereocenters. The van der Waals surface area contributed by atoms with Crippen LogP contribution in [0.2, 0.25) is 0 Å². The van der Waals surface area contributed by atoms with E-state index in [0.717, 1.165) is 46.6 Å². The number of hydrogen-bond donors (Lipinski definition) is 2. The highest BCUT2D eigenvalue weighted by Crippen LogP contribution is 2.41. The van der Waals surface area contributed by atoms with Crippen molar-refractivity contribution in [1.82, 2.24) is 34.4 Å². The Kier molecular flexibility index (Phi) is 6.46. The van der Waals surface area contributed by atoms with Gasteiger partial charge in [0.25, 0.3) is 6.02 Å². The van der Waals surface area contributed by atoms with Crippen LogP contribution in [-0.4, -0.2) is 85.8 Å². The molecule has 13 nitrogen and oxygen atoms in total. The first kappa shape index (κ1) is 26.8. The van der Waals surface area contributed by atoms with Gasteiger partial charge in [0.1, 0.15) is 37.2 Å². The van der Waals surface area contributed by atoms with E-state index in [4.69, 9.17) is 19.5 Å². The molecule has 0 saturated carbocycles. The molecular weight excluding hydrogens is 546 g/mol. The van der Waals surface area contributed by atoms with Crippen molar-refractivity contribution in [2.75, 3.05) is 49.3 Å². The molecule has 43 heavy (non-hydrogen) atoms. The fourth-order valence-corrected chi connectivity index (χ4v) is 5.24. The number of amidine groups is 1. The molecule has 0 bridgehead atoms. The average molecular weight is 580 g/mol. The standard InChI is InChI=1S/C30H33N11O2/c1-18-10-19(6-9-23(18)43-25-11-24-32-16-35-41(24)17-34-25)36-28-26-21(31-15-33-28)7-8-22(37-29-38-30(2,3)14-42-29)27(26)40-12-20(13-40)39(4)5/h6-11,15-17,20H,12-14H2,1-5H3,(H,37,38)(H,31,33,36). The third kappa shape index (κ3) is 5.23. The zero-order chi connectivity index (χ0) is 29.7. The van der Waals surface area contributed by atoms with Crippen LogP contribution in [0.1, 0.15) is 19.4 Å². The van der Waals surface area contributed by atoms with Crippen molar-refractivity contribution in [2.45, 2.75) is 32.4 Å². The number of aliphatic imine (C=N–C) groups is 1. The van der Waals surface area contributed by atoms with Crippen LogP contribution in [0, 0.1) is 6.92 Å². The number of nitrogens with zero attached hydrogens (tertiary/aromatic N) is 9. The summed E-state index contributed by atoms with van der Waals surface area (Å²) in [6.07, 6.45) is 4.65. The van der Waals surface area contributed by atoms with Gasteiger partial charge in [0, 0.05) is 30.9 Å². The Morgan fingerprint density at radius 2 is 1.86 bits per heavy atom. The second-order valence-corrected chi connectivity index (χ2v) is 11.7. The van der Waals surface area contributed by atoms with Crippen molar-refractivity contribution in [3.63, 3.8) is 0 Å². The Hall–Kier alpha value is -5.04. The van der Waals surface area contributed by atoms with Crippen LogP contribution in [0.15, 0.2) is 60.4 Å². The number of benzene rings is 2. The minimum absolute atomic E-state index is 0.269. The van der Waals surface area contributed by atoms with E-state index in [2.05, 4.69) is 68.4 Å². The minimum atomic E-state index is -0.269. The van der Waals surface area contributed by atoms with Gasteiger partial charge in [-0.1, -0.05) is 0 Å². The summed E-state index contributed by atoms with van der Waals surface area (Å²) in [5.41, 5.74) is 4.95. The van der Waals surface area contributed by atoms with E-state index in [9.17, 15) is 0 Å². The summed E-state index contributed by atoms with van der Waals surface area (Å²) in [6, 6.07) is 12.7. The highest BCUT2D eigenvalue weighted by atomic mass is 16.5. The van der Waals surface area contributed by atoms with Gasteiger partial charge < -0.3 is 29.9 Å². The first-order chi connectivity index (χ1) is 20.7. The molecule has 1 fully saturated rings. The largest absolute Gasteiger partial charge is 0.462 e. The molecule has 1 saturated heterocycles. The maximum atomic E-state index is 6.07. The molecule has 2 N–H and O–H groups in total. The summed E-state index contributed by atoms with van der Waals surface area (Å²) in [5.74, 6) is 1.84. The third-order valence-corrected chi connectivity index (χ3v) is 7.69. The Morgan fingerprint density at radius 3 is 2.63 bits per heavy atom. The van der Waals surface area contributed by atoms with Crippen molar-refractivity contribution in [3.8, 4) is 11.6 Å². The van der Waals surface area contributed by atoms with Crippen LogP contribution in [-0.2, 0) is 4.74 Å². The predicted molar refractivity (Wildman–Crippen MR) is 166 cm³/mol. The van der Waals surface area contributed by atoms with Gasteiger partial charge in [-0.25, -0.2) is 29.4 Å². The number of nitrogens with one attached hydrogen (secondary N) is 2. The van der Waals surface area contributed by atoms with Gasteiger partial charge in [0.05, 0.1) is 27.8 Å². The summed E-state index contributed by atoms with van der Waals surface area (Å²) in [7, 11) is 4.23. The lowest BCUT2D eigenvalue weighted by Gasteiger charge is -2.45. The van der Waals surface area contributed by atoms with E-state index in [1.54, 1.807) is 23.2 Å². The molecule has 0 amide bonds. The van der Waals surface area contributed by atoms with E-state index in [1.165, 1.54) is 6.33 Å². The van der Waals surface area contributed by atoms with Gasteiger partial charge in [-0.3, -0.25) is 0 Å². The number of fused-ring (bicyclic) bond motifs is 2. The highest BCUT2D eigenvalue weighted by molar-refractivity contribution is 6.09. The average Bonchev–Trinajstić information content (AvgIpc) is 3.55. The molecule has 0 spiro atoms. The van der Waals surface area contributed by atoms with Crippen molar-refractivity contribution >= 4 is 45.5 Å². The Balaban J connectivity index is 1.22. The topological polar surface area (TPSA) is 130 Å². The fraction of sp³-hybridized carbons (Fsp3) is 0.333. The molecule has 0 aliphatic carbocycles. The molecule has 3 aromatic heterocycles. The SMILES string of the molecule is Cc1cc(Nc2ncnc3ccc(NC4=NC(C)(C)CO4)c(N4CC(N(C)C)C4)c23)ccc1Oc1cc2ncnn2cn1. The molecule has 5 heterocycles. The maximum absolute atomic E-state index is 6.07. The third-order valence-electron chi connectivity index (χ3n) is 7.69. The number of aromatic nitrogens is 6. The Bertz CT molecular complexity index is 1860. The van der Waals surface area contributed by atoms with E-state index >= 15 is 0 Å². The molecule has 0 radical (unpaired) electrons. The second kappa shape index (κ2) is 10.3. The van der Waals surface area contributed by atoms with Crippen molar-refractivity contribution in [1.29, 1.82) is 0 Å². The van der Waals surface area contributed by atoms with Crippen molar-refractivity contribution in [2.24, 2.45) is 4.99 Å². The maximum Gasteiger partial charge on any atom is 0.289 e. The van der Waals surface area contributed by atoms with E-state index in [0.29, 0.717) is 41.8 Å². The van der Waals surface area contributed by atoms with Crippen LogP contribution < -0.4 is 20.3 Å². The number of hydrogen-bond acceptors (Lipinski definition) is 12. The Labute approximate surface area is 248 Å². The molecule has 13 heteroatoms. The summed E-state index contributed by atoms with van der Waals surface area (Å²) in [6.45, 7) is 8.40.